The number of hydrogen-bond donors (Lipinski definition) is 1. The van der Waals surface area contributed by atoms with Gasteiger partial charge >= 0.3 is 5.97 Å². The molecule has 0 saturated carbocycles. The van der Waals surface area contributed by atoms with E-state index in [1.54, 1.807) is 29.6 Å². The molecule has 12 heteroatoms. The Morgan fingerprint density at radius 1 is 1.18 bits per heavy atom. The van der Waals surface area contributed by atoms with Crippen molar-refractivity contribution >= 4 is 61.3 Å². The van der Waals surface area contributed by atoms with Crippen LogP contribution >= 0.6 is 34.3 Å². The van der Waals surface area contributed by atoms with Crippen molar-refractivity contribution in [1.82, 2.24) is 9.29 Å². The van der Waals surface area contributed by atoms with Crippen LogP contribution in [0.3, 0.4) is 0 Å². The number of thiazole rings is 1. The Bertz CT molecular complexity index is 1270. The van der Waals surface area contributed by atoms with Crippen molar-refractivity contribution in [2.24, 2.45) is 0 Å². The van der Waals surface area contributed by atoms with Gasteiger partial charge in [0, 0.05) is 17.5 Å². The van der Waals surface area contributed by atoms with Crippen molar-refractivity contribution in [3.63, 3.8) is 0 Å². The molecule has 1 aliphatic heterocycles. The third-order valence-electron chi connectivity index (χ3n) is 5.20. The molecule has 1 aromatic carbocycles. The van der Waals surface area contributed by atoms with E-state index >= 15 is 0 Å². The van der Waals surface area contributed by atoms with Crippen LogP contribution in [0.4, 0.5) is 5.13 Å². The van der Waals surface area contributed by atoms with Crippen molar-refractivity contribution in [1.29, 1.82) is 0 Å². The summed E-state index contributed by atoms with van der Waals surface area (Å²) in [6.07, 6.45) is 1.87. The smallest absolute Gasteiger partial charge is 0.337 e. The number of methoxy groups -OCH3 is 1. The zero-order valence-corrected chi connectivity index (χ0v) is 20.7. The molecule has 0 bridgehead atoms. The number of thiophene rings is 1. The van der Waals surface area contributed by atoms with E-state index in [1.807, 2.05) is 0 Å². The minimum atomic E-state index is -3.83. The molecule has 0 spiro atoms. The molecule has 4 rings (SSSR count). The predicted octanol–water partition coefficient (Wildman–Crippen LogP) is 4.49. The fourth-order valence-electron chi connectivity index (χ4n) is 3.55. The summed E-state index contributed by atoms with van der Waals surface area (Å²) in [6, 6.07) is 8.94. The number of halogens is 1. The Kier molecular flexibility index (Phi) is 7.15. The summed E-state index contributed by atoms with van der Waals surface area (Å²) in [5, 5.41) is 4.92. The number of nitrogens with zero attached hydrogens (tertiary/aromatic N) is 2. The highest BCUT2D eigenvalue weighted by Crippen LogP contribution is 2.32. The normalized spacial score (nSPS) is 17.0. The summed E-state index contributed by atoms with van der Waals surface area (Å²) in [5.41, 5.74) is 1.83. The number of esters is 1. The minimum Gasteiger partial charge on any atom is -0.465 e. The second kappa shape index (κ2) is 9.90. The SMILES string of the molecule is COC(=O)c1ccc(-c2csc(NC(=O)C3CCCCN3S(=O)(=O)c3ccc(Cl)s3)n2)cc1. The van der Waals surface area contributed by atoms with E-state index in [9.17, 15) is 18.0 Å². The number of carbonyl (C=O) groups excluding carboxylic acids is 2. The molecule has 3 aromatic rings. The van der Waals surface area contributed by atoms with E-state index in [0.29, 0.717) is 33.6 Å². The van der Waals surface area contributed by atoms with Crippen LogP contribution in [0, 0.1) is 0 Å². The highest BCUT2D eigenvalue weighted by molar-refractivity contribution is 7.91. The first-order valence-corrected chi connectivity index (χ1v) is 13.5. The first-order valence-electron chi connectivity index (χ1n) is 10.0. The Hall–Kier alpha value is -2.31. The van der Waals surface area contributed by atoms with Gasteiger partial charge < -0.3 is 10.1 Å². The van der Waals surface area contributed by atoms with Gasteiger partial charge in [-0.25, -0.2) is 18.2 Å². The third kappa shape index (κ3) is 5.12. The fraction of sp³-hybridized carbons (Fsp3) is 0.286. The van der Waals surface area contributed by atoms with Gasteiger partial charge in [-0.3, -0.25) is 4.79 Å². The van der Waals surface area contributed by atoms with Crippen molar-refractivity contribution in [2.45, 2.75) is 29.5 Å². The Labute approximate surface area is 204 Å². The molecule has 0 radical (unpaired) electrons. The lowest BCUT2D eigenvalue weighted by molar-refractivity contribution is -0.120. The molecule has 1 aliphatic rings. The maximum Gasteiger partial charge on any atom is 0.337 e. The van der Waals surface area contributed by atoms with Crippen molar-refractivity contribution in [3.8, 4) is 11.3 Å². The Balaban J connectivity index is 1.49. The predicted molar refractivity (Wildman–Crippen MR) is 128 cm³/mol. The van der Waals surface area contributed by atoms with Gasteiger partial charge in [0.15, 0.2) is 5.13 Å². The number of carbonyl (C=O) groups is 2. The third-order valence-corrected chi connectivity index (χ3v) is 9.57. The summed E-state index contributed by atoms with van der Waals surface area (Å²) in [4.78, 5) is 29.1. The Morgan fingerprint density at radius 3 is 2.61 bits per heavy atom. The molecule has 1 fully saturated rings. The van der Waals surface area contributed by atoms with Gasteiger partial charge in [0.05, 0.1) is 22.7 Å². The summed E-state index contributed by atoms with van der Waals surface area (Å²) >= 11 is 8.14. The van der Waals surface area contributed by atoms with Crippen LogP contribution < -0.4 is 5.32 Å². The first-order chi connectivity index (χ1) is 15.8. The van der Waals surface area contributed by atoms with Crippen LogP contribution in [-0.4, -0.2) is 49.3 Å². The van der Waals surface area contributed by atoms with Gasteiger partial charge in [0.25, 0.3) is 10.0 Å². The van der Waals surface area contributed by atoms with Gasteiger partial charge in [-0.2, -0.15) is 4.31 Å². The molecule has 1 N–H and O–H groups in total. The molecule has 174 valence electrons. The lowest BCUT2D eigenvalue weighted by atomic mass is 10.0. The second-order valence-corrected chi connectivity index (χ2v) is 12.0. The van der Waals surface area contributed by atoms with Gasteiger partial charge in [-0.1, -0.05) is 30.2 Å². The van der Waals surface area contributed by atoms with E-state index in [-0.39, 0.29) is 10.8 Å². The van der Waals surface area contributed by atoms with Crippen molar-refractivity contribution < 1.29 is 22.7 Å². The largest absolute Gasteiger partial charge is 0.465 e. The molecule has 2 aromatic heterocycles. The molecule has 33 heavy (non-hydrogen) atoms. The number of ether oxygens (including phenoxy) is 1. The molecule has 0 aliphatic carbocycles. The average molecular weight is 526 g/mol. The van der Waals surface area contributed by atoms with Crippen molar-refractivity contribution in [2.75, 3.05) is 19.0 Å². The van der Waals surface area contributed by atoms with Gasteiger partial charge in [0.2, 0.25) is 5.91 Å². The number of rotatable bonds is 6. The first kappa shape index (κ1) is 23.8. The average Bonchev–Trinajstić information content (AvgIpc) is 3.48. The number of amides is 1. The number of sulfonamides is 1. The number of aromatic nitrogens is 1. The van der Waals surface area contributed by atoms with Crippen molar-refractivity contribution in [3.05, 3.63) is 51.7 Å². The van der Waals surface area contributed by atoms with Crippen LogP contribution in [0.2, 0.25) is 4.34 Å². The number of anilines is 1. The molecule has 3 heterocycles. The van der Waals surface area contributed by atoms with Crippen LogP contribution in [0.5, 0.6) is 0 Å². The second-order valence-electron chi connectivity index (χ2n) is 7.28. The van der Waals surface area contributed by atoms with Crippen LogP contribution in [0.1, 0.15) is 29.6 Å². The molecule has 1 amide bonds. The highest BCUT2D eigenvalue weighted by atomic mass is 35.5. The topological polar surface area (TPSA) is 106 Å². The zero-order valence-electron chi connectivity index (χ0n) is 17.5. The molecule has 1 atom stereocenters. The molecule has 8 nitrogen and oxygen atoms in total. The van der Waals surface area contributed by atoms with Crippen LogP contribution in [0.15, 0.2) is 46.0 Å². The van der Waals surface area contributed by atoms with Crippen LogP contribution in [0.25, 0.3) is 11.3 Å². The zero-order chi connectivity index (χ0) is 23.6. The number of piperidine rings is 1. The summed E-state index contributed by atoms with van der Waals surface area (Å²) < 4.78 is 32.7. The van der Waals surface area contributed by atoms with Gasteiger partial charge in [0.1, 0.15) is 10.3 Å². The summed E-state index contributed by atoms with van der Waals surface area (Å²) in [7, 11) is -2.51. The molecular weight excluding hydrogens is 506 g/mol. The molecule has 1 saturated heterocycles. The molecular formula is C21H20ClN3O5S3. The number of benzene rings is 1. The van der Waals surface area contributed by atoms with E-state index in [1.165, 1.54) is 34.9 Å². The van der Waals surface area contributed by atoms with E-state index in [4.69, 9.17) is 16.3 Å². The fourth-order valence-corrected chi connectivity index (χ4v) is 7.55. The van der Waals surface area contributed by atoms with E-state index in [0.717, 1.165) is 23.3 Å². The van der Waals surface area contributed by atoms with E-state index < -0.39 is 27.9 Å². The van der Waals surface area contributed by atoms with Gasteiger partial charge in [-0.15, -0.1) is 22.7 Å². The van der Waals surface area contributed by atoms with Gasteiger partial charge in [-0.05, 0) is 37.1 Å². The Morgan fingerprint density at radius 2 is 1.94 bits per heavy atom. The minimum absolute atomic E-state index is 0.124. The number of hydrogen-bond acceptors (Lipinski definition) is 8. The maximum atomic E-state index is 13.1. The molecule has 1 unspecified atom stereocenters. The van der Waals surface area contributed by atoms with Crippen LogP contribution in [-0.2, 0) is 19.6 Å². The quantitative estimate of drug-likeness (QED) is 0.475. The lowest BCUT2D eigenvalue weighted by Gasteiger charge is -2.32. The summed E-state index contributed by atoms with van der Waals surface area (Å²) in [6.45, 7) is 0.269. The summed E-state index contributed by atoms with van der Waals surface area (Å²) in [5.74, 6) is -0.840. The monoisotopic (exact) mass is 525 g/mol. The standard InChI is InChI=1S/C21H20ClN3O5S3/c1-30-20(27)14-7-5-13(6-8-14)15-12-31-21(23-15)24-19(26)16-4-2-3-11-25(16)33(28,29)18-10-9-17(22)32-18/h5-10,12,16H,2-4,11H2,1H3,(H,23,24,26). The highest BCUT2D eigenvalue weighted by Gasteiger charge is 2.38. The van der Waals surface area contributed by atoms with E-state index in [2.05, 4.69) is 10.3 Å². The maximum absolute atomic E-state index is 13.1. The lowest BCUT2D eigenvalue weighted by Crippen LogP contribution is -2.49. The number of nitrogens with one attached hydrogen (secondary N) is 1.